The fourth-order valence-corrected chi connectivity index (χ4v) is 3.98. The van der Waals surface area contributed by atoms with Gasteiger partial charge in [0, 0.05) is 18.6 Å². The zero-order valence-electron chi connectivity index (χ0n) is 12.6. The van der Waals surface area contributed by atoms with Gasteiger partial charge in [0.2, 0.25) is 0 Å². The number of fused-ring (bicyclic) bond motifs is 1. The van der Waals surface area contributed by atoms with E-state index < -0.39 is 0 Å². The molecule has 2 fully saturated rings. The molecule has 1 saturated carbocycles. The monoisotopic (exact) mass is 252 g/mol. The highest BCUT2D eigenvalue weighted by atomic mass is 15.2. The molecular weight excluding hydrogens is 220 g/mol. The fourth-order valence-electron chi connectivity index (χ4n) is 3.98. The zero-order chi connectivity index (χ0) is 13.0. The van der Waals surface area contributed by atoms with Crippen molar-refractivity contribution in [2.24, 2.45) is 11.8 Å². The molecule has 1 aliphatic heterocycles. The van der Waals surface area contributed by atoms with Crippen molar-refractivity contribution in [2.45, 2.75) is 71.4 Å². The molecule has 0 spiro atoms. The van der Waals surface area contributed by atoms with Crippen molar-refractivity contribution in [3.8, 4) is 0 Å². The van der Waals surface area contributed by atoms with E-state index in [1.54, 1.807) is 0 Å². The number of piperidine rings is 1. The van der Waals surface area contributed by atoms with E-state index in [0.29, 0.717) is 6.04 Å². The smallest absolute Gasteiger partial charge is 0.0217 e. The molecular formula is C16H32N2. The normalized spacial score (nSPS) is 31.3. The Morgan fingerprint density at radius 1 is 1.11 bits per heavy atom. The lowest BCUT2D eigenvalue weighted by molar-refractivity contribution is 0.0485. The lowest BCUT2D eigenvalue weighted by Gasteiger charge is -2.45. The summed E-state index contributed by atoms with van der Waals surface area (Å²) in [6, 6.07) is 1.59. The topological polar surface area (TPSA) is 15.3 Å². The van der Waals surface area contributed by atoms with E-state index in [4.69, 9.17) is 0 Å². The number of nitrogens with one attached hydrogen (secondary N) is 1. The minimum atomic E-state index is 0.677. The molecule has 0 aromatic heterocycles. The van der Waals surface area contributed by atoms with Gasteiger partial charge in [-0.25, -0.2) is 0 Å². The van der Waals surface area contributed by atoms with Crippen LogP contribution in [0.3, 0.4) is 0 Å². The molecule has 106 valence electrons. The highest BCUT2D eigenvalue weighted by Crippen LogP contribution is 2.35. The molecule has 1 aliphatic carbocycles. The van der Waals surface area contributed by atoms with Crippen LogP contribution in [0.2, 0.25) is 0 Å². The van der Waals surface area contributed by atoms with Crippen LogP contribution in [-0.4, -0.2) is 36.6 Å². The van der Waals surface area contributed by atoms with Gasteiger partial charge in [0.05, 0.1) is 0 Å². The first-order valence-corrected chi connectivity index (χ1v) is 8.19. The number of rotatable bonds is 5. The summed E-state index contributed by atoms with van der Waals surface area (Å²) in [5, 5.41) is 3.68. The second-order valence-electron chi connectivity index (χ2n) is 6.66. The van der Waals surface area contributed by atoms with Crippen molar-refractivity contribution in [1.82, 2.24) is 10.2 Å². The van der Waals surface area contributed by atoms with Crippen LogP contribution >= 0.6 is 0 Å². The Morgan fingerprint density at radius 3 is 2.56 bits per heavy atom. The number of likely N-dealkylation sites (tertiary alicyclic amines) is 1. The van der Waals surface area contributed by atoms with Crippen LogP contribution < -0.4 is 5.32 Å². The van der Waals surface area contributed by atoms with Gasteiger partial charge in [0.15, 0.2) is 0 Å². The molecule has 2 heteroatoms. The molecule has 2 nitrogen and oxygen atoms in total. The maximum atomic E-state index is 3.68. The molecule has 0 amide bonds. The molecule has 0 aromatic rings. The Bertz CT molecular complexity index is 237. The van der Waals surface area contributed by atoms with Crippen LogP contribution in [0.5, 0.6) is 0 Å². The van der Waals surface area contributed by atoms with E-state index in [2.05, 4.69) is 31.0 Å². The minimum absolute atomic E-state index is 0.677. The van der Waals surface area contributed by atoms with Crippen LogP contribution in [0.1, 0.15) is 59.3 Å². The van der Waals surface area contributed by atoms with Crippen molar-refractivity contribution in [3.63, 3.8) is 0 Å². The van der Waals surface area contributed by atoms with Gasteiger partial charge < -0.3 is 5.32 Å². The summed E-state index contributed by atoms with van der Waals surface area (Å²) in [6.07, 6.45) is 8.82. The summed E-state index contributed by atoms with van der Waals surface area (Å²) < 4.78 is 0. The summed E-state index contributed by atoms with van der Waals surface area (Å²) in [4.78, 5) is 2.82. The van der Waals surface area contributed by atoms with Gasteiger partial charge in [-0.1, -0.05) is 33.6 Å². The summed E-state index contributed by atoms with van der Waals surface area (Å²) >= 11 is 0. The average molecular weight is 252 g/mol. The first-order chi connectivity index (χ1) is 8.72. The number of nitrogens with zero attached hydrogens (tertiary/aromatic N) is 1. The quantitative estimate of drug-likeness (QED) is 0.808. The lowest BCUT2D eigenvalue weighted by Crippen LogP contribution is -2.53. The summed E-state index contributed by atoms with van der Waals surface area (Å²) in [5.41, 5.74) is 0. The number of hydrogen-bond acceptors (Lipinski definition) is 2. The van der Waals surface area contributed by atoms with Crippen molar-refractivity contribution < 1.29 is 0 Å². The molecule has 2 rings (SSSR count). The van der Waals surface area contributed by atoms with Crippen LogP contribution in [0, 0.1) is 11.8 Å². The zero-order valence-corrected chi connectivity index (χ0v) is 12.6. The third-order valence-corrected chi connectivity index (χ3v) is 5.06. The Balaban J connectivity index is 1.93. The first-order valence-electron chi connectivity index (χ1n) is 8.19. The first kappa shape index (κ1) is 14.3. The van der Waals surface area contributed by atoms with Crippen molar-refractivity contribution >= 4 is 0 Å². The van der Waals surface area contributed by atoms with E-state index in [1.165, 1.54) is 51.6 Å². The van der Waals surface area contributed by atoms with Crippen molar-refractivity contribution in [1.29, 1.82) is 0 Å². The van der Waals surface area contributed by atoms with Gasteiger partial charge >= 0.3 is 0 Å². The predicted octanol–water partition coefficient (Wildman–Crippen LogP) is 3.28. The second kappa shape index (κ2) is 6.91. The third-order valence-electron chi connectivity index (χ3n) is 5.06. The number of likely N-dealkylation sites (N-methyl/N-ethyl adjacent to an activating group) is 1. The van der Waals surface area contributed by atoms with E-state index in [0.717, 1.165) is 24.4 Å². The van der Waals surface area contributed by atoms with E-state index in [-0.39, 0.29) is 0 Å². The Kier molecular flexibility index (Phi) is 5.50. The van der Waals surface area contributed by atoms with Gasteiger partial charge in [-0.2, -0.15) is 0 Å². The van der Waals surface area contributed by atoms with Gasteiger partial charge in [-0.3, -0.25) is 4.90 Å². The van der Waals surface area contributed by atoms with Gasteiger partial charge in [-0.15, -0.1) is 0 Å². The van der Waals surface area contributed by atoms with Crippen molar-refractivity contribution in [3.05, 3.63) is 0 Å². The molecule has 0 radical (unpaired) electrons. The lowest BCUT2D eigenvalue weighted by atomic mass is 9.78. The highest BCUT2D eigenvalue weighted by Gasteiger charge is 2.34. The predicted molar refractivity (Wildman–Crippen MR) is 78.9 cm³/mol. The SMILES string of the molecule is CCNC(CN1CCC[C@H]2CCCC[C@H]21)C(C)C. The molecule has 1 N–H and O–H groups in total. The molecule has 0 aromatic carbocycles. The van der Waals surface area contributed by atoms with Crippen LogP contribution in [0.25, 0.3) is 0 Å². The molecule has 0 bridgehead atoms. The van der Waals surface area contributed by atoms with Gasteiger partial charge in [-0.05, 0) is 50.6 Å². The molecule has 1 heterocycles. The minimum Gasteiger partial charge on any atom is -0.313 e. The van der Waals surface area contributed by atoms with Gasteiger partial charge in [0.1, 0.15) is 0 Å². The van der Waals surface area contributed by atoms with Crippen LogP contribution in [-0.2, 0) is 0 Å². The van der Waals surface area contributed by atoms with E-state index >= 15 is 0 Å². The second-order valence-corrected chi connectivity index (χ2v) is 6.66. The molecule has 1 saturated heterocycles. The maximum Gasteiger partial charge on any atom is 0.0217 e. The maximum absolute atomic E-state index is 3.68. The molecule has 3 atom stereocenters. The fraction of sp³-hybridized carbons (Fsp3) is 1.00. The Labute approximate surface area is 114 Å². The highest BCUT2D eigenvalue weighted by molar-refractivity contribution is 4.89. The van der Waals surface area contributed by atoms with E-state index in [9.17, 15) is 0 Å². The van der Waals surface area contributed by atoms with Crippen molar-refractivity contribution in [2.75, 3.05) is 19.6 Å². The Hall–Kier alpha value is -0.0800. The summed E-state index contributed by atoms with van der Waals surface area (Å²) in [6.45, 7) is 10.7. The van der Waals surface area contributed by atoms with E-state index in [1.807, 2.05) is 0 Å². The molecule has 1 unspecified atom stereocenters. The largest absolute Gasteiger partial charge is 0.313 e. The summed E-state index contributed by atoms with van der Waals surface area (Å²) in [7, 11) is 0. The number of hydrogen-bond donors (Lipinski definition) is 1. The van der Waals surface area contributed by atoms with Crippen LogP contribution in [0.15, 0.2) is 0 Å². The third kappa shape index (κ3) is 3.48. The van der Waals surface area contributed by atoms with Crippen LogP contribution in [0.4, 0.5) is 0 Å². The average Bonchev–Trinajstić information content (AvgIpc) is 2.38. The van der Waals surface area contributed by atoms with Gasteiger partial charge in [0.25, 0.3) is 0 Å². The molecule has 18 heavy (non-hydrogen) atoms. The Morgan fingerprint density at radius 2 is 1.83 bits per heavy atom. The molecule has 2 aliphatic rings. The standard InChI is InChI=1S/C16H32N2/c1-4-17-15(13(2)3)12-18-11-7-9-14-8-5-6-10-16(14)18/h13-17H,4-12H2,1-3H3/t14-,15?,16-/m1/s1. The summed E-state index contributed by atoms with van der Waals surface area (Å²) in [5.74, 6) is 1.76.